The number of hydrogen-bond acceptors (Lipinski definition) is 2. The van der Waals surface area contributed by atoms with Crippen LogP contribution in [-0.2, 0) is 11.6 Å². The van der Waals surface area contributed by atoms with Crippen LogP contribution in [0.1, 0.15) is 11.1 Å². The van der Waals surface area contributed by atoms with Gasteiger partial charge in [-0.15, -0.1) is 0 Å². The molecule has 0 aromatic heterocycles. The van der Waals surface area contributed by atoms with Gasteiger partial charge in [-0.05, 0) is 40.2 Å². The van der Waals surface area contributed by atoms with Crippen LogP contribution in [0.3, 0.4) is 0 Å². The van der Waals surface area contributed by atoms with Crippen molar-refractivity contribution in [1.82, 2.24) is 0 Å². The molecule has 3 N–H and O–H groups in total. The molecule has 2 aromatic rings. The smallest absolute Gasteiger partial charge is 0.396 e. The highest BCUT2D eigenvalue weighted by atomic mass is 79.9. The van der Waals surface area contributed by atoms with Gasteiger partial charge in [0.15, 0.2) is 5.82 Å². The molecule has 0 aliphatic heterocycles. The van der Waals surface area contributed by atoms with Crippen LogP contribution in [-0.4, -0.2) is 18.5 Å². The highest BCUT2D eigenvalue weighted by Crippen LogP contribution is 2.56. The van der Waals surface area contributed by atoms with Gasteiger partial charge in [-0.3, -0.25) is 0 Å². The normalized spacial score (nSPS) is 13.9. The lowest BCUT2D eigenvalue weighted by Gasteiger charge is -2.32. The van der Waals surface area contributed by atoms with E-state index in [4.69, 9.17) is 5.73 Å². The van der Waals surface area contributed by atoms with Crippen LogP contribution < -0.4 is 11.1 Å². The molecule has 0 atom stereocenters. The lowest BCUT2D eigenvalue weighted by molar-refractivity contribution is -0.348. The molecule has 0 spiro atoms. The van der Waals surface area contributed by atoms with E-state index in [-0.39, 0.29) is 6.07 Å². The molecule has 2 rings (SSSR count). The number of nitrogens with one attached hydrogen (secondary N) is 1. The van der Waals surface area contributed by atoms with Gasteiger partial charge in [-0.25, -0.2) is 8.78 Å². The zero-order valence-corrected chi connectivity index (χ0v) is 16.8. The van der Waals surface area contributed by atoms with Gasteiger partial charge in [0.2, 0.25) is 0 Å². The van der Waals surface area contributed by atoms with E-state index >= 15 is 0 Å². The Morgan fingerprint density at radius 3 is 1.73 bits per heavy atom. The minimum absolute atomic E-state index is 0.302. The van der Waals surface area contributed by atoms with Crippen molar-refractivity contribution in [1.29, 1.82) is 0 Å². The van der Waals surface area contributed by atoms with E-state index in [9.17, 15) is 57.1 Å². The third-order valence-corrected chi connectivity index (χ3v) is 4.88. The second-order valence-corrected chi connectivity index (χ2v) is 7.29. The molecule has 33 heavy (non-hydrogen) atoms. The predicted molar refractivity (Wildman–Crippen MR) is 93.1 cm³/mol. The molecule has 0 saturated heterocycles. The van der Waals surface area contributed by atoms with E-state index in [2.05, 4.69) is 15.9 Å². The van der Waals surface area contributed by atoms with Gasteiger partial charge in [0, 0.05) is 10.0 Å². The van der Waals surface area contributed by atoms with Crippen LogP contribution in [0.2, 0.25) is 0 Å². The Bertz CT molecular complexity index is 1030. The summed E-state index contributed by atoms with van der Waals surface area (Å²) in [5.74, 6) is -7.50. The van der Waals surface area contributed by atoms with Gasteiger partial charge in [0.25, 0.3) is 0 Å². The molecule has 0 bridgehead atoms. The minimum atomic E-state index is -6.80. The lowest BCUT2D eigenvalue weighted by Crippen LogP contribution is -2.50. The molecule has 2 aromatic carbocycles. The van der Waals surface area contributed by atoms with Crippen LogP contribution in [0.5, 0.6) is 0 Å². The van der Waals surface area contributed by atoms with Gasteiger partial charge in [0.1, 0.15) is 0 Å². The lowest BCUT2D eigenvalue weighted by atomic mass is 9.90. The van der Waals surface area contributed by atoms with E-state index in [1.807, 2.05) is 0 Å². The number of hydrogen-bond donors (Lipinski definition) is 2. The fourth-order valence-corrected chi connectivity index (χ4v) is 3.16. The van der Waals surface area contributed by atoms with Gasteiger partial charge in [0.05, 0.1) is 22.6 Å². The summed E-state index contributed by atoms with van der Waals surface area (Å²) in [5.41, 5.74) is -9.23. The Morgan fingerprint density at radius 1 is 0.758 bits per heavy atom. The predicted octanol–water partition coefficient (Wildman–Crippen LogP) is 7.86. The number of benzene rings is 2. The average Bonchev–Trinajstić information content (AvgIpc) is 2.63. The first-order chi connectivity index (χ1) is 14.7. The van der Waals surface area contributed by atoms with E-state index in [1.165, 1.54) is 0 Å². The molecule has 184 valence electrons. The summed E-state index contributed by atoms with van der Waals surface area (Å²) in [4.78, 5) is 0. The molecule has 16 heteroatoms. The summed E-state index contributed by atoms with van der Waals surface area (Å²) < 4.78 is 173. The molecule has 0 aliphatic rings. The SMILES string of the molecule is Nc1cccc(Nc2c(Br)cc(C(F)(C(F)(F)F)C(F)(F)F)cc2C(F)(F)C(F)(F)F)c1F. The van der Waals surface area contributed by atoms with E-state index in [0.29, 0.717) is 0 Å². The third-order valence-electron chi connectivity index (χ3n) is 4.25. The molecular formula is C17H8BrF13N2. The largest absolute Gasteiger partial charge is 0.458 e. The van der Waals surface area contributed by atoms with Crippen molar-refractivity contribution in [2.75, 3.05) is 11.1 Å². The van der Waals surface area contributed by atoms with E-state index in [1.54, 1.807) is 5.32 Å². The number of alkyl halides is 12. The van der Waals surface area contributed by atoms with Crippen LogP contribution in [0.4, 0.5) is 74.1 Å². The highest BCUT2D eigenvalue weighted by molar-refractivity contribution is 9.10. The first-order valence-electron chi connectivity index (χ1n) is 8.08. The third kappa shape index (κ3) is 4.53. The summed E-state index contributed by atoms with van der Waals surface area (Å²) in [7, 11) is 0. The van der Waals surface area contributed by atoms with Crippen molar-refractivity contribution < 1.29 is 57.1 Å². The van der Waals surface area contributed by atoms with Crippen LogP contribution in [0, 0.1) is 5.82 Å². The summed E-state index contributed by atoms with van der Waals surface area (Å²) in [6, 6.07) is 1.49. The Kier molecular flexibility index (Phi) is 6.61. The van der Waals surface area contributed by atoms with Gasteiger partial charge in [-0.1, -0.05) is 6.07 Å². The zero-order chi connectivity index (χ0) is 25.8. The molecule has 0 unspecified atom stereocenters. The molecule has 0 radical (unpaired) electrons. The second-order valence-electron chi connectivity index (χ2n) is 6.44. The maximum Gasteiger partial charge on any atom is 0.458 e. The summed E-state index contributed by atoms with van der Waals surface area (Å²) in [6.45, 7) is 0. The second kappa shape index (κ2) is 8.13. The van der Waals surface area contributed by atoms with Gasteiger partial charge < -0.3 is 11.1 Å². The van der Waals surface area contributed by atoms with Gasteiger partial charge in [-0.2, -0.15) is 48.3 Å². The minimum Gasteiger partial charge on any atom is -0.396 e. The average molecular weight is 567 g/mol. The number of rotatable bonds is 4. The first-order valence-corrected chi connectivity index (χ1v) is 8.88. The number of nitrogen functional groups attached to an aromatic ring is 1. The van der Waals surface area contributed by atoms with Crippen molar-refractivity contribution in [2.45, 2.75) is 30.1 Å². The number of nitrogens with two attached hydrogens (primary N) is 1. The van der Waals surface area contributed by atoms with Crippen LogP contribution in [0.25, 0.3) is 0 Å². The maximum atomic E-state index is 14.4. The summed E-state index contributed by atoms with van der Waals surface area (Å²) in [5, 5.41) is 1.72. The van der Waals surface area contributed by atoms with Crippen LogP contribution in [0.15, 0.2) is 34.8 Å². The molecule has 0 amide bonds. The Labute approximate surface area is 183 Å². The van der Waals surface area contributed by atoms with E-state index < -0.39 is 74.7 Å². The Hall–Kier alpha value is -2.39. The van der Waals surface area contributed by atoms with Crippen molar-refractivity contribution in [3.8, 4) is 0 Å². The first kappa shape index (κ1) is 26.9. The summed E-state index contributed by atoms with van der Waals surface area (Å²) >= 11 is 2.27. The Morgan fingerprint density at radius 2 is 1.27 bits per heavy atom. The molecule has 0 heterocycles. The fourth-order valence-electron chi connectivity index (χ4n) is 2.60. The topological polar surface area (TPSA) is 38.0 Å². The van der Waals surface area contributed by atoms with Crippen molar-refractivity contribution in [3.63, 3.8) is 0 Å². The quantitative estimate of drug-likeness (QED) is 0.292. The van der Waals surface area contributed by atoms with Crippen molar-refractivity contribution in [2.24, 2.45) is 0 Å². The molecule has 2 nitrogen and oxygen atoms in total. The van der Waals surface area contributed by atoms with Crippen molar-refractivity contribution >= 4 is 33.0 Å². The molecular weight excluding hydrogens is 559 g/mol. The molecule has 0 saturated carbocycles. The highest BCUT2D eigenvalue weighted by Gasteiger charge is 2.74. The Balaban J connectivity index is 2.92. The van der Waals surface area contributed by atoms with Crippen molar-refractivity contribution in [3.05, 3.63) is 51.7 Å². The van der Waals surface area contributed by atoms with E-state index in [0.717, 1.165) is 18.2 Å². The standard InChI is InChI=1S/C17H8BrF13N2/c18-8-5-6(13(20,15(23,24)25)16(26,27)28)4-7(14(21,22)17(29,30)31)12(8)33-10-3-1-2-9(32)11(10)19/h1-5,33H,32H2. The number of halogens is 14. The van der Waals surface area contributed by atoms with Gasteiger partial charge >= 0.3 is 30.1 Å². The molecule has 0 fully saturated rings. The maximum absolute atomic E-state index is 14.4. The zero-order valence-electron chi connectivity index (χ0n) is 15.3. The molecule has 0 aliphatic carbocycles. The fraction of sp³-hybridized carbons (Fsp3) is 0.294. The van der Waals surface area contributed by atoms with Crippen LogP contribution >= 0.6 is 15.9 Å². The summed E-state index contributed by atoms with van der Waals surface area (Å²) in [6.07, 6.45) is -20.2. The monoisotopic (exact) mass is 566 g/mol. The number of anilines is 3.